The summed E-state index contributed by atoms with van der Waals surface area (Å²) in [7, 11) is -3.92. The lowest BCUT2D eigenvalue weighted by Crippen LogP contribution is -2.42. The van der Waals surface area contributed by atoms with E-state index in [1.807, 2.05) is 0 Å². The van der Waals surface area contributed by atoms with E-state index >= 15 is 0 Å². The molecule has 1 aromatic heterocycles. The monoisotopic (exact) mass is 389 g/mol. The summed E-state index contributed by atoms with van der Waals surface area (Å²) in [5.41, 5.74) is -0.902. The van der Waals surface area contributed by atoms with Crippen LogP contribution in [0.3, 0.4) is 0 Å². The number of tetrazole rings is 1. The van der Waals surface area contributed by atoms with Crippen molar-refractivity contribution < 1.29 is 17.2 Å². The summed E-state index contributed by atoms with van der Waals surface area (Å²) in [5.74, 6) is -2.62. The molecule has 1 atom stereocenters. The fourth-order valence-electron chi connectivity index (χ4n) is 3.38. The first kappa shape index (κ1) is 16.8. The predicted octanol–water partition coefficient (Wildman–Crippen LogP) is 2.33. The second-order valence-electron chi connectivity index (χ2n) is 6.48. The molecule has 2 fully saturated rings. The van der Waals surface area contributed by atoms with E-state index in [0.29, 0.717) is 18.4 Å². The number of nitrogens with zero attached hydrogens (tertiary/aromatic N) is 4. The SMILES string of the molecule is O=S(=O)(c1ccc(Cl)c(-c2nn[nH]n2)c1)N1CCCC2(C1)CC2(F)F. The molecule has 1 aliphatic carbocycles. The first-order valence-corrected chi connectivity index (χ1v) is 9.48. The number of piperidine rings is 1. The summed E-state index contributed by atoms with van der Waals surface area (Å²) in [5, 5.41) is 13.6. The van der Waals surface area contributed by atoms with Crippen molar-refractivity contribution >= 4 is 21.6 Å². The molecule has 2 aromatic rings. The van der Waals surface area contributed by atoms with Crippen molar-refractivity contribution in [2.75, 3.05) is 13.1 Å². The van der Waals surface area contributed by atoms with E-state index in [9.17, 15) is 17.2 Å². The number of aromatic amines is 1. The van der Waals surface area contributed by atoms with Crippen LogP contribution in [-0.4, -0.2) is 52.4 Å². The lowest BCUT2D eigenvalue weighted by molar-refractivity contribution is 0.0411. The molecule has 0 radical (unpaired) electrons. The average molecular weight is 390 g/mol. The van der Waals surface area contributed by atoms with Crippen molar-refractivity contribution in [3.05, 3.63) is 23.2 Å². The fourth-order valence-corrected chi connectivity index (χ4v) is 5.17. The van der Waals surface area contributed by atoms with Crippen molar-refractivity contribution in [3.63, 3.8) is 0 Å². The Bertz CT molecular complexity index is 921. The highest BCUT2D eigenvalue weighted by molar-refractivity contribution is 7.89. The Kier molecular flexibility index (Phi) is 3.64. The van der Waals surface area contributed by atoms with E-state index in [0.717, 1.165) is 4.31 Å². The van der Waals surface area contributed by atoms with Gasteiger partial charge in [-0.05, 0) is 36.3 Å². The van der Waals surface area contributed by atoms with Gasteiger partial charge in [0.25, 0.3) is 5.92 Å². The van der Waals surface area contributed by atoms with E-state index in [2.05, 4.69) is 20.6 Å². The Morgan fingerprint density at radius 2 is 2.08 bits per heavy atom. The van der Waals surface area contributed by atoms with Crippen LogP contribution in [0.2, 0.25) is 5.02 Å². The van der Waals surface area contributed by atoms with Crippen molar-refractivity contribution in [1.29, 1.82) is 0 Å². The Morgan fingerprint density at radius 3 is 2.72 bits per heavy atom. The first-order valence-electron chi connectivity index (χ1n) is 7.67. The van der Waals surface area contributed by atoms with Gasteiger partial charge in [0.2, 0.25) is 15.8 Å². The summed E-state index contributed by atoms with van der Waals surface area (Å²) in [6, 6.07) is 4.12. The molecule has 1 aliphatic heterocycles. The molecule has 25 heavy (non-hydrogen) atoms. The van der Waals surface area contributed by atoms with Crippen LogP contribution in [0.1, 0.15) is 19.3 Å². The summed E-state index contributed by atoms with van der Waals surface area (Å²) in [4.78, 5) is -0.0299. The van der Waals surface area contributed by atoms with E-state index < -0.39 is 21.4 Å². The topological polar surface area (TPSA) is 91.8 Å². The number of sulfonamides is 1. The van der Waals surface area contributed by atoms with E-state index in [4.69, 9.17) is 11.6 Å². The van der Waals surface area contributed by atoms with Crippen LogP contribution in [0.4, 0.5) is 8.78 Å². The summed E-state index contributed by atoms with van der Waals surface area (Å²) in [6.45, 7) is 0.0584. The van der Waals surface area contributed by atoms with Crippen LogP contribution in [0, 0.1) is 5.41 Å². The van der Waals surface area contributed by atoms with Gasteiger partial charge in [0.1, 0.15) is 0 Å². The Morgan fingerprint density at radius 1 is 1.32 bits per heavy atom. The molecule has 7 nitrogen and oxygen atoms in total. The molecule has 1 saturated heterocycles. The number of halogens is 3. The first-order chi connectivity index (χ1) is 11.8. The molecule has 1 spiro atoms. The van der Waals surface area contributed by atoms with Crippen LogP contribution in [0.25, 0.3) is 11.4 Å². The van der Waals surface area contributed by atoms with Crippen molar-refractivity contribution in [3.8, 4) is 11.4 Å². The smallest absolute Gasteiger partial charge is 0.207 e. The van der Waals surface area contributed by atoms with Gasteiger partial charge in [-0.15, -0.1) is 10.2 Å². The van der Waals surface area contributed by atoms with Crippen molar-refractivity contribution in [2.24, 2.45) is 5.41 Å². The Labute approximate surface area is 147 Å². The van der Waals surface area contributed by atoms with Crippen LogP contribution < -0.4 is 0 Å². The standard InChI is InChI=1S/C14H14ClF2N5O2S/c15-11-3-2-9(6-10(11)12-18-20-21-19-12)25(23,24)22-5-1-4-13(8-22)7-14(13,16)17/h2-3,6H,1,4-5,7-8H2,(H,18,19,20,21). The number of benzene rings is 1. The molecule has 1 aromatic carbocycles. The number of hydrogen-bond donors (Lipinski definition) is 1. The van der Waals surface area contributed by atoms with Gasteiger partial charge < -0.3 is 0 Å². The molecule has 1 unspecified atom stereocenters. The molecular formula is C14H14ClF2N5O2S. The van der Waals surface area contributed by atoms with Crippen molar-refractivity contribution in [1.82, 2.24) is 24.9 Å². The van der Waals surface area contributed by atoms with Crippen LogP contribution in [0.5, 0.6) is 0 Å². The van der Waals surface area contributed by atoms with E-state index in [1.54, 1.807) is 0 Å². The van der Waals surface area contributed by atoms with E-state index in [1.165, 1.54) is 18.2 Å². The van der Waals surface area contributed by atoms with E-state index in [-0.39, 0.29) is 35.3 Å². The molecule has 134 valence electrons. The van der Waals surface area contributed by atoms with Gasteiger partial charge >= 0.3 is 0 Å². The molecule has 0 bridgehead atoms. The summed E-state index contributed by atoms with van der Waals surface area (Å²) < 4.78 is 54.3. The maximum absolute atomic E-state index is 13.7. The van der Waals surface area contributed by atoms with Gasteiger partial charge in [0.05, 0.1) is 15.3 Å². The quantitative estimate of drug-likeness (QED) is 0.869. The Hall–Kier alpha value is -1.65. The average Bonchev–Trinajstić information content (AvgIpc) is 2.95. The number of alkyl halides is 2. The normalized spacial score (nSPS) is 26.0. The molecule has 2 aliphatic rings. The zero-order valence-electron chi connectivity index (χ0n) is 12.9. The highest BCUT2D eigenvalue weighted by atomic mass is 35.5. The highest BCUT2D eigenvalue weighted by Crippen LogP contribution is 2.64. The van der Waals surface area contributed by atoms with Gasteiger partial charge in [-0.2, -0.15) is 9.52 Å². The lowest BCUT2D eigenvalue weighted by Gasteiger charge is -2.32. The summed E-state index contributed by atoms with van der Waals surface area (Å²) >= 11 is 6.09. The van der Waals surface area contributed by atoms with Crippen LogP contribution >= 0.6 is 11.6 Å². The number of hydrogen-bond acceptors (Lipinski definition) is 5. The predicted molar refractivity (Wildman–Crippen MR) is 84.6 cm³/mol. The minimum Gasteiger partial charge on any atom is -0.207 e. The molecule has 2 heterocycles. The number of rotatable bonds is 3. The highest BCUT2D eigenvalue weighted by Gasteiger charge is 2.71. The number of H-pyrrole nitrogens is 1. The molecule has 1 N–H and O–H groups in total. The third-order valence-electron chi connectivity index (χ3n) is 4.92. The van der Waals surface area contributed by atoms with Gasteiger partial charge in [-0.1, -0.05) is 11.6 Å². The number of aromatic nitrogens is 4. The second kappa shape index (κ2) is 5.42. The zero-order valence-corrected chi connectivity index (χ0v) is 14.5. The maximum Gasteiger partial charge on any atom is 0.255 e. The summed E-state index contributed by atoms with van der Waals surface area (Å²) in [6.07, 6.45) is 0.515. The second-order valence-corrected chi connectivity index (χ2v) is 8.83. The van der Waals surface area contributed by atoms with Gasteiger partial charge in [-0.3, -0.25) is 0 Å². The molecule has 4 rings (SSSR count). The van der Waals surface area contributed by atoms with Crippen LogP contribution in [-0.2, 0) is 10.0 Å². The minimum atomic E-state index is -3.92. The maximum atomic E-state index is 13.7. The van der Waals surface area contributed by atoms with Gasteiger partial charge in [0.15, 0.2) is 0 Å². The number of nitrogens with one attached hydrogen (secondary N) is 1. The largest absolute Gasteiger partial charge is 0.255 e. The zero-order chi connectivity index (χ0) is 17.9. The lowest BCUT2D eigenvalue weighted by atomic mass is 9.96. The Balaban J connectivity index is 1.68. The molecule has 0 amide bonds. The van der Waals surface area contributed by atoms with Gasteiger partial charge in [-0.25, -0.2) is 17.2 Å². The molecule has 11 heteroatoms. The van der Waals surface area contributed by atoms with Crippen molar-refractivity contribution in [2.45, 2.75) is 30.1 Å². The van der Waals surface area contributed by atoms with Crippen LogP contribution in [0.15, 0.2) is 23.1 Å². The molecule has 1 saturated carbocycles. The third-order valence-corrected chi connectivity index (χ3v) is 7.09. The van der Waals surface area contributed by atoms with Gasteiger partial charge in [0, 0.05) is 25.1 Å². The minimum absolute atomic E-state index is 0.0299. The molecular weight excluding hydrogens is 376 g/mol. The third kappa shape index (κ3) is 2.63. The fraction of sp³-hybridized carbons (Fsp3) is 0.500.